The van der Waals surface area contributed by atoms with Gasteiger partial charge in [-0.2, -0.15) is 11.8 Å². The topological polar surface area (TPSA) is 49.3 Å². The van der Waals surface area contributed by atoms with Gasteiger partial charge in [-0.25, -0.2) is 4.98 Å². The Hall–Kier alpha value is -0.750. The second kappa shape index (κ2) is 8.36. The molecule has 0 saturated heterocycles. The molecule has 6 heteroatoms. The average Bonchev–Trinajstić information content (AvgIpc) is 2.81. The van der Waals surface area contributed by atoms with E-state index in [0.29, 0.717) is 0 Å². The number of thioether (sulfide) groups is 1. The van der Waals surface area contributed by atoms with E-state index in [1.54, 1.807) is 18.4 Å². The van der Waals surface area contributed by atoms with E-state index >= 15 is 0 Å². The predicted octanol–water partition coefficient (Wildman–Crippen LogP) is 1.73. The summed E-state index contributed by atoms with van der Waals surface area (Å²) in [6.45, 7) is 3.82. The van der Waals surface area contributed by atoms with Crippen LogP contribution in [-0.2, 0) is 13.0 Å². The maximum atomic E-state index is 4.36. The number of guanidine groups is 1. The summed E-state index contributed by atoms with van der Waals surface area (Å²) >= 11 is 3.57. The molecular formula is C11H20N4S2. The zero-order valence-electron chi connectivity index (χ0n) is 10.6. The first-order valence-electron chi connectivity index (χ1n) is 5.67. The van der Waals surface area contributed by atoms with Crippen molar-refractivity contribution < 1.29 is 0 Å². The Bertz CT molecular complexity index is 349. The van der Waals surface area contributed by atoms with Crippen LogP contribution in [0.1, 0.15) is 16.8 Å². The lowest BCUT2D eigenvalue weighted by Gasteiger charge is -2.09. The van der Waals surface area contributed by atoms with Crippen molar-refractivity contribution in [3.63, 3.8) is 0 Å². The minimum absolute atomic E-state index is 0.740. The first-order valence-corrected chi connectivity index (χ1v) is 7.88. The molecule has 0 amide bonds. The summed E-state index contributed by atoms with van der Waals surface area (Å²) in [7, 11) is 1.79. The van der Waals surface area contributed by atoms with Crippen LogP contribution in [0.3, 0.4) is 0 Å². The molecule has 0 unspecified atom stereocenters. The molecule has 17 heavy (non-hydrogen) atoms. The van der Waals surface area contributed by atoms with Crippen LogP contribution in [0.15, 0.2) is 11.2 Å². The van der Waals surface area contributed by atoms with Crippen LogP contribution in [-0.4, -0.2) is 36.5 Å². The number of aryl methyl sites for hydroxylation is 1. The quantitative estimate of drug-likeness (QED) is 0.470. The van der Waals surface area contributed by atoms with Crippen LogP contribution in [0, 0.1) is 0 Å². The summed E-state index contributed by atoms with van der Waals surface area (Å²) in [6.07, 6.45) is 5.10. The van der Waals surface area contributed by atoms with E-state index in [-0.39, 0.29) is 0 Å². The standard InChI is InChI=1S/C11H20N4S2/c1-4-9-7-14-10(17-9)8-15-11(12-2)13-5-6-16-3/h7H,4-6,8H2,1-3H3,(H2,12,13,15). The van der Waals surface area contributed by atoms with Crippen LogP contribution in [0.2, 0.25) is 0 Å². The Morgan fingerprint density at radius 3 is 2.94 bits per heavy atom. The van der Waals surface area contributed by atoms with Crippen molar-refractivity contribution in [1.82, 2.24) is 15.6 Å². The summed E-state index contributed by atoms with van der Waals surface area (Å²) < 4.78 is 0. The minimum atomic E-state index is 0.740. The van der Waals surface area contributed by atoms with Gasteiger partial charge in [-0.3, -0.25) is 4.99 Å². The van der Waals surface area contributed by atoms with Crippen LogP contribution in [0.5, 0.6) is 0 Å². The minimum Gasteiger partial charge on any atom is -0.356 e. The Kier molecular flexibility index (Phi) is 7.04. The van der Waals surface area contributed by atoms with Gasteiger partial charge < -0.3 is 10.6 Å². The molecule has 96 valence electrons. The highest BCUT2D eigenvalue weighted by Gasteiger charge is 2.01. The van der Waals surface area contributed by atoms with E-state index in [2.05, 4.69) is 33.8 Å². The van der Waals surface area contributed by atoms with Gasteiger partial charge in [0.1, 0.15) is 5.01 Å². The van der Waals surface area contributed by atoms with Gasteiger partial charge in [-0.05, 0) is 12.7 Å². The average molecular weight is 272 g/mol. The van der Waals surface area contributed by atoms with E-state index in [0.717, 1.165) is 36.2 Å². The molecule has 0 aliphatic rings. The fraction of sp³-hybridized carbons (Fsp3) is 0.636. The largest absolute Gasteiger partial charge is 0.356 e. The van der Waals surface area contributed by atoms with Gasteiger partial charge in [0, 0.05) is 30.4 Å². The van der Waals surface area contributed by atoms with Gasteiger partial charge in [-0.15, -0.1) is 11.3 Å². The van der Waals surface area contributed by atoms with Crippen molar-refractivity contribution >= 4 is 29.1 Å². The summed E-state index contributed by atoms with van der Waals surface area (Å²) in [4.78, 5) is 9.85. The molecular weight excluding hydrogens is 252 g/mol. The van der Waals surface area contributed by atoms with Gasteiger partial charge in [0.05, 0.1) is 6.54 Å². The summed E-state index contributed by atoms with van der Waals surface area (Å²) in [5.74, 6) is 1.92. The maximum absolute atomic E-state index is 4.36. The van der Waals surface area contributed by atoms with Gasteiger partial charge >= 0.3 is 0 Å². The Labute approximate surface area is 111 Å². The van der Waals surface area contributed by atoms with Crippen molar-refractivity contribution in [2.24, 2.45) is 4.99 Å². The van der Waals surface area contributed by atoms with Crippen molar-refractivity contribution in [1.29, 1.82) is 0 Å². The highest BCUT2D eigenvalue weighted by Crippen LogP contribution is 2.12. The molecule has 1 aromatic rings. The lowest BCUT2D eigenvalue weighted by atomic mass is 10.4. The second-order valence-corrected chi connectivity index (χ2v) is 5.60. The third-order valence-corrected chi connectivity index (χ3v) is 3.93. The molecule has 0 fully saturated rings. The van der Waals surface area contributed by atoms with Crippen molar-refractivity contribution in [3.05, 3.63) is 16.1 Å². The van der Waals surface area contributed by atoms with Crippen LogP contribution in [0.25, 0.3) is 0 Å². The second-order valence-electron chi connectivity index (χ2n) is 3.42. The molecule has 0 radical (unpaired) electrons. The number of nitrogens with one attached hydrogen (secondary N) is 2. The van der Waals surface area contributed by atoms with Crippen LogP contribution < -0.4 is 10.6 Å². The van der Waals surface area contributed by atoms with Gasteiger partial charge in [0.15, 0.2) is 5.96 Å². The Morgan fingerprint density at radius 2 is 2.35 bits per heavy atom. The molecule has 0 aliphatic heterocycles. The van der Waals surface area contributed by atoms with Crippen molar-refractivity contribution in [2.75, 3.05) is 25.6 Å². The normalized spacial score (nSPS) is 11.6. The molecule has 0 saturated carbocycles. The molecule has 0 aromatic carbocycles. The highest BCUT2D eigenvalue weighted by molar-refractivity contribution is 7.98. The number of thiazole rings is 1. The number of nitrogens with zero attached hydrogens (tertiary/aromatic N) is 2. The first-order chi connectivity index (χ1) is 8.30. The maximum Gasteiger partial charge on any atom is 0.191 e. The van der Waals surface area contributed by atoms with E-state index in [1.807, 2.05) is 18.0 Å². The van der Waals surface area contributed by atoms with E-state index in [1.165, 1.54) is 4.88 Å². The Balaban J connectivity index is 2.32. The van der Waals surface area contributed by atoms with Crippen LogP contribution >= 0.6 is 23.1 Å². The number of rotatable bonds is 6. The summed E-state index contributed by atoms with van der Waals surface area (Å²) in [5.41, 5.74) is 0. The van der Waals surface area contributed by atoms with Crippen molar-refractivity contribution in [3.8, 4) is 0 Å². The van der Waals surface area contributed by atoms with Crippen LogP contribution in [0.4, 0.5) is 0 Å². The molecule has 0 atom stereocenters. The van der Waals surface area contributed by atoms with E-state index in [9.17, 15) is 0 Å². The molecule has 1 aromatic heterocycles. The zero-order chi connectivity index (χ0) is 12.5. The van der Waals surface area contributed by atoms with E-state index in [4.69, 9.17) is 0 Å². The summed E-state index contributed by atoms with van der Waals surface area (Å²) in [6, 6.07) is 0. The van der Waals surface area contributed by atoms with E-state index < -0.39 is 0 Å². The third kappa shape index (κ3) is 5.41. The fourth-order valence-electron chi connectivity index (χ4n) is 1.24. The van der Waals surface area contributed by atoms with Gasteiger partial charge in [-0.1, -0.05) is 6.92 Å². The predicted molar refractivity (Wildman–Crippen MR) is 78.1 cm³/mol. The molecule has 0 spiro atoms. The first kappa shape index (κ1) is 14.3. The number of hydrogen-bond acceptors (Lipinski definition) is 4. The van der Waals surface area contributed by atoms with Gasteiger partial charge in [0.2, 0.25) is 0 Å². The lowest BCUT2D eigenvalue weighted by molar-refractivity contribution is 0.827. The molecule has 1 rings (SSSR count). The lowest BCUT2D eigenvalue weighted by Crippen LogP contribution is -2.37. The fourth-order valence-corrected chi connectivity index (χ4v) is 2.35. The molecule has 2 N–H and O–H groups in total. The Morgan fingerprint density at radius 1 is 1.53 bits per heavy atom. The zero-order valence-corrected chi connectivity index (χ0v) is 12.2. The molecule has 4 nitrogen and oxygen atoms in total. The smallest absolute Gasteiger partial charge is 0.191 e. The number of hydrogen-bond donors (Lipinski definition) is 2. The number of aliphatic imine (C=N–C) groups is 1. The summed E-state index contributed by atoms with van der Waals surface area (Å²) in [5, 5.41) is 7.62. The highest BCUT2D eigenvalue weighted by atomic mass is 32.2. The SMILES string of the molecule is CCc1cnc(CNC(=NC)NCCSC)s1. The van der Waals surface area contributed by atoms with Crippen molar-refractivity contribution in [2.45, 2.75) is 19.9 Å². The molecule has 0 bridgehead atoms. The molecule has 1 heterocycles. The van der Waals surface area contributed by atoms with Gasteiger partial charge in [0.25, 0.3) is 0 Å². The number of aromatic nitrogens is 1. The third-order valence-electron chi connectivity index (χ3n) is 2.18. The molecule has 0 aliphatic carbocycles. The monoisotopic (exact) mass is 272 g/mol.